The summed E-state index contributed by atoms with van der Waals surface area (Å²) < 4.78 is 5.52. The van der Waals surface area contributed by atoms with Gasteiger partial charge in [-0.3, -0.25) is 24.2 Å². The SMILES string of the molecule is COc1ccccc1N1CCN(C[C@H](O)CN2C(=O)[C@@H]3[C@@H](C2=O)C2c4ccccc4C3(C(C)=O)c3ccccc32)CC1. The van der Waals surface area contributed by atoms with Crippen LogP contribution >= 0.6 is 0 Å². The standard InChI is InChI=1S/C34H35N3O5/c1-21(38)34-25-11-5-3-9-23(25)29(24-10-4-6-12-26(24)34)30-31(34)33(41)37(32(30)40)20-22(39)19-35-15-17-36(18-16-35)27-13-7-8-14-28(27)42-2/h3-14,22,29-31,39H,15-20H2,1-2H3/t22-,29?,30-,31-,34?/m0/s1. The van der Waals surface area contributed by atoms with E-state index in [9.17, 15) is 19.5 Å². The lowest BCUT2D eigenvalue weighted by Crippen LogP contribution is -2.57. The van der Waals surface area contributed by atoms with Gasteiger partial charge in [-0.2, -0.15) is 0 Å². The number of β-amino-alcohol motifs (C(OH)–C–C–N with tert-alkyl or cyclic N) is 1. The molecule has 0 aromatic heterocycles. The van der Waals surface area contributed by atoms with Gasteiger partial charge in [0.2, 0.25) is 11.8 Å². The van der Waals surface area contributed by atoms with Gasteiger partial charge in [0.1, 0.15) is 11.5 Å². The maximum Gasteiger partial charge on any atom is 0.234 e. The van der Waals surface area contributed by atoms with Crippen molar-refractivity contribution in [1.82, 2.24) is 9.80 Å². The third kappa shape index (κ3) is 3.71. The molecule has 3 aromatic rings. The predicted molar refractivity (Wildman–Crippen MR) is 158 cm³/mol. The summed E-state index contributed by atoms with van der Waals surface area (Å²) in [5.41, 5.74) is 3.39. The van der Waals surface area contributed by atoms with Crippen molar-refractivity contribution in [3.05, 3.63) is 95.1 Å². The van der Waals surface area contributed by atoms with Gasteiger partial charge < -0.3 is 14.7 Å². The molecule has 216 valence electrons. The van der Waals surface area contributed by atoms with E-state index in [1.807, 2.05) is 72.8 Å². The van der Waals surface area contributed by atoms with Gasteiger partial charge in [0.05, 0.1) is 42.7 Å². The summed E-state index contributed by atoms with van der Waals surface area (Å²) >= 11 is 0. The molecule has 5 aliphatic rings. The van der Waals surface area contributed by atoms with E-state index in [1.54, 1.807) is 7.11 Å². The summed E-state index contributed by atoms with van der Waals surface area (Å²) in [6.07, 6.45) is -0.897. The van der Waals surface area contributed by atoms with Gasteiger partial charge in [-0.25, -0.2) is 0 Å². The van der Waals surface area contributed by atoms with Crippen LogP contribution in [0.1, 0.15) is 35.1 Å². The number of anilines is 1. The molecule has 2 heterocycles. The first-order chi connectivity index (χ1) is 20.4. The molecular weight excluding hydrogens is 530 g/mol. The quantitative estimate of drug-likeness (QED) is 0.441. The Kier molecular flexibility index (Phi) is 6.44. The number of ketones is 1. The lowest BCUT2D eigenvalue weighted by atomic mass is 9.46. The lowest BCUT2D eigenvalue weighted by Gasteiger charge is -2.52. The number of imide groups is 1. The number of nitrogens with zero attached hydrogens (tertiary/aromatic N) is 3. The maximum absolute atomic E-state index is 14.2. The summed E-state index contributed by atoms with van der Waals surface area (Å²) in [7, 11) is 1.67. The van der Waals surface area contributed by atoms with Crippen LogP contribution in [0.4, 0.5) is 5.69 Å². The van der Waals surface area contributed by atoms with Gasteiger partial charge in [-0.15, -0.1) is 0 Å². The summed E-state index contributed by atoms with van der Waals surface area (Å²) in [4.78, 5) is 47.6. The van der Waals surface area contributed by atoms with Gasteiger partial charge in [0.15, 0.2) is 0 Å². The largest absolute Gasteiger partial charge is 0.495 e. The number of ether oxygens (including phenoxy) is 1. The Morgan fingerprint density at radius 3 is 2.10 bits per heavy atom. The average Bonchev–Trinajstić information content (AvgIpc) is 3.26. The minimum absolute atomic E-state index is 0.0786. The minimum atomic E-state index is -1.21. The molecule has 42 heavy (non-hydrogen) atoms. The fourth-order valence-electron chi connectivity index (χ4n) is 8.24. The number of methoxy groups -OCH3 is 1. The Balaban J connectivity index is 1.12. The van der Waals surface area contributed by atoms with Gasteiger partial charge >= 0.3 is 0 Å². The van der Waals surface area contributed by atoms with Crippen LogP contribution in [-0.2, 0) is 19.8 Å². The van der Waals surface area contributed by atoms with E-state index in [2.05, 4.69) is 9.80 Å². The number of aliphatic hydroxyl groups is 1. The number of piperazine rings is 1. The van der Waals surface area contributed by atoms with Crippen molar-refractivity contribution in [1.29, 1.82) is 0 Å². The van der Waals surface area contributed by atoms with Crippen molar-refractivity contribution in [3.63, 3.8) is 0 Å². The van der Waals surface area contributed by atoms with Crippen molar-refractivity contribution in [2.75, 3.05) is 51.3 Å². The molecule has 3 atom stereocenters. The first kappa shape index (κ1) is 26.9. The highest BCUT2D eigenvalue weighted by atomic mass is 16.5. The highest BCUT2D eigenvalue weighted by molar-refractivity contribution is 6.13. The van der Waals surface area contributed by atoms with Crippen molar-refractivity contribution >= 4 is 23.3 Å². The number of amides is 2. The molecule has 2 fully saturated rings. The molecule has 2 aliphatic heterocycles. The zero-order valence-corrected chi connectivity index (χ0v) is 23.9. The Morgan fingerprint density at radius 2 is 1.48 bits per heavy atom. The topological polar surface area (TPSA) is 90.4 Å². The molecule has 0 radical (unpaired) electrons. The highest BCUT2D eigenvalue weighted by Crippen LogP contribution is 2.64. The number of hydrogen-bond acceptors (Lipinski definition) is 7. The van der Waals surface area contributed by atoms with Crippen LogP contribution in [0, 0.1) is 11.8 Å². The number of para-hydroxylation sites is 2. The first-order valence-electron chi connectivity index (χ1n) is 14.7. The predicted octanol–water partition coefficient (Wildman–Crippen LogP) is 2.81. The van der Waals surface area contributed by atoms with Crippen molar-refractivity contribution in [2.45, 2.75) is 24.4 Å². The molecule has 8 rings (SSSR count). The van der Waals surface area contributed by atoms with Crippen LogP contribution < -0.4 is 9.64 Å². The smallest absolute Gasteiger partial charge is 0.234 e. The lowest BCUT2D eigenvalue weighted by molar-refractivity contribution is -0.143. The van der Waals surface area contributed by atoms with E-state index in [-0.39, 0.29) is 30.1 Å². The highest BCUT2D eigenvalue weighted by Gasteiger charge is 2.69. The maximum atomic E-state index is 14.2. The van der Waals surface area contributed by atoms with Gasteiger partial charge in [0, 0.05) is 38.6 Å². The number of Topliss-reactive ketones (excluding diaryl/α,β-unsaturated/α-hetero) is 1. The van der Waals surface area contributed by atoms with E-state index >= 15 is 0 Å². The van der Waals surface area contributed by atoms with Crippen LogP contribution in [0.15, 0.2) is 72.8 Å². The zero-order valence-electron chi connectivity index (χ0n) is 23.9. The number of benzene rings is 3. The second-order valence-corrected chi connectivity index (χ2v) is 11.9. The van der Waals surface area contributed by atoms with Gasteiger partial charge in [-0.05, 0) is 41.3 Å². The summed E-state index contributed by atoms with van der Waals surface area (Å²) in [5.74, 6) is -1.71. The molecule has 8 nitrogen and oxygen atoms in total. The first-order valence-corrected chi connectivity index (χ1v) is 14.7. The monoisotopic (exact) mass is 565 g/mol. The van der Waals surface area contributed by atoms with E-state index in [0.717, 1.165) is 59.9 Å². The summed E-state index contributed by atoms with van der Waals surface area (Å²) in [5, 5.41) is 11.2. The van der Waals surface area contributed by atoms with E-state index in [1.165, 1.54) is 11.8 Å². The fourth-order valence-corrected chi connectivity index (χ4v) is 8.24. The number of aliphatic hydroxyl groups excluding tert-OH is 1. The Morgan fingerprint density at radius 1 is 0.881 bits per heavy atom. The van der Waals surface area contributed by atoms with Crippen LogP contribution in [0.3, 0.4) is 0 Å². The van der Waals surface area contributed by atoms with Crippen molar-refractivity contribution in [2.24, 2.45) is 11.8 Å². The minimum Gasteiger partial charge on any atom is -0.495 e. The van der Waals surface area contributed by atoms with Gasteiger partial charge in [0.25, 0.3) is 0 Å². The summed E-state index contributed by atoms with van der Waals surface area (Å²) in [6, 6.07) is 23.5. The number of carbonyl (C=O) groups excluding carboxylic acids is 3. The molecule has 2 saturated heterocycles. The van der Waals surface area contributed by atoms with Crippen LogP contribution in [0.5, 0.6) is 5.75 Å². The number of hydrogen-bond donors (Lipinski definition) is 1. The molecular formula is C34H35N3O5. The normalized spacial score (nSPS) is 27.0. The fraction of sp³-hybridized carbons (Fsp3) is 0.382. The Bertz CT molecular complexity index is 1530. The number of carbonyl (C=O) groups is 3. The molecule has 8 heteroatoms. The number of rotatable bonds is 7. The third-order valence-electron chi connectivity index (χ3n) is 9.93. The molecule has 3 aliphatic carbocycles. The molecule has 0 spiro atoms. The molecule has 0 saturated carbocycles. The number of likely N-dealkylation sites (tertiary alicyclic amines) is 1. The molecule has 0 unspecified atom stereocenters. The second-order valence-electron chi connectivity index (χ2n) is 11.9. The van der Waals surface area contributed by atoms with Crippen LogP contribution in [0.2, 0.25) is 0 Å². The Labute approximate surface area is 245 Å². The molecule has 1 N–H and O–H groups in total. The Hall–Kier alpha value is -4.01. The molecule has 3 aromatic carbocycles. The van der Waals surface area contributed by atoms with Crippen molar-refractivity contribution < 1.29 is 24.2 Å². The van der Waals surface area contributed by atoms with Crippen LogP contribution in [0.25, 0.3) is 0 Å². The van der Waals surface area contributed by atoms with Crippen LogP contribution in [-0.4, -0.2) is 85.0 Å². The van der Waals surface area contributed by atoms with E-state index in [0.29, 0.717) is 6.54 Å². The summed E-state index contributed by atoms with van der Waals surface area (Å²) in [6.45, 7) is 4.84. The average molecular weight is 566 g/mol. The molecule has 2 amide bonds. The van der Waals surface area contributed by atoms with E-state index in [4.69, 9.17) is 4.74 Å². The van der Waals surface area contributed by atoms with E-state index < -0.39 is 23.4 Å². The zero-order chi connectivity index (χ0) is 29.2. The second kappa shape index (κ2) is 10.1. The van der Waals surface area contributed by atoms with Gasteiger partial charge in [-0.1, -0.05) is 60.7 Å². The van der Waals surface area contributed by atoms with Crippen molar-refractivity contribution in [3.8, 4) is 5.75 Å². The third-order valence-corrected chi connectivity index (χ3v) is 9.93. The molecule has 2 bridgehead atoms.